The summed E-state index contributed by atoms with van der Waals surface area (Å²) in [6.07, 6.45) is -1.44. The zero-order chi connectivity index (χ0) is 17.6. The number of likely N-dealkylation sites (N-methyl/N-ethyl adjacent to an activating group) is 1. The van der Waals surface area contributed by atoms with E-state index < -0.39 is 23.8 Å². The molecule has 2 N–H and O–H groups in total. The van der Waals surface area contributed by atoms with E-state index in [1.165, 1.54) is 4.90 Å². The lowest BCUT2D eigenvalue weighted by Crippen LogP contribution is -2.45. The lowest BCUT2D eigenvalue weighted by molar-refractivity contribution is -0.133. The van der Waals surface area contributed by atoms with Gasteiger partial charge in [0.1, 0.15) is 12.1 Å². The molecular formula is C17H26N2O4. The number of nitrogens with zero attached hydrogens (tertiary/aromatic N) is 1. The minimum atomic E-state index is -0.799. The topological polar surface area (TPSA) is 78.9 Å². The van der Waals surface area contributed by atoms with Crippen LogP contribution in [0.4, 0.5) is 4.79 Å². The van der Waals surface area contributed by atoms with Gasteiger partial charge < -0.3 is 20.1 Å². The van der Waals surface area contributed by atoms with Gasteiger partial charge in [0, 0.05) is 7.05 Å². The first kappa shape index (κ1) is 19.0. The molecule has 1 rings (SSSR count). The van der Waals surface area contributed by atoms with Crippen LogP contribution >= 0.6 is 0 Å². The number of carbonyl (C=O) groups excluding carboxylic acids is 2. The number of carbonyl (C=O) groups is 2. The second-order valence-electron chi connectivity index (χ2n) is 6.46. The van der Waals surface area contributed by atoms with Crippen LogP contribution in [0.1, 0.15) is 39.4 Å². The predicted octanol–water partition coefficient (Wildman–Crippen LogP) is 2.09. The highest BCUT2D eigenvalue weighted by molar-refractivity contribution is 5.82. The van der Waals surface area contributed by atoms with Gasteiger partial charge in [0.05, 0.1) is 12.1 Å². The summed E-state index contributed by atoms with van der Waals surface area (Å²) in [6.45, 7) is 6.82. The Morgan fingerprint density at radius 3 is 2.35 bits per heavy atom. The molecule has 23 heavy (non-hydrogen) atoms. The largest absolute Gasteiger partial charge is 0.444 e. The molecule has 0 heterocycles. The third kappa shape index (κ3) is 6.28. The number of hydrogen-bond donors (Lipinski definition) is 2. The Bertz CT molecular complexity index is 525. The molecule has 0 aliphatic carbocycles. The standard InChI is InChI=1S/C17H26N2O4/c1-12(15(21)13-9-7-6-8-10-13)19(5)14(20)11-18-16(22)23-17(2,3)4/h6-10,12,15,21H,11H2,1-5H3,(H,18,22)/t12-,15+/m0/s1. The lowest BCUT2D eigenvalue weighted by Gasteiger charge is -2.29. The van der Waals surface area contributed by atoms with Crippen LogP contribution in [-0.4, -0.2) is 47.2 Å². The van der Waals surface area contributed by atoms with Crippen molar-refractivity contribution < 1.29 is 19.4 Å². The van der Waals surface area contributed by atoms with Crippen molar-refractivity contribution in [3.05, 3.63) is 35.9 Å². The first-order chi connectivity index (χ1) is 10.6. The predicted molar refractivity (Wildman–Crippen MR) is 87.9 cm³/mol. The molecule has 0 aliphatic rings. The van der Waals surface area contributed by atoms with Crippen LogP contribution in [0.3, 0.4) is 0 Å². The van der Waals surface area contributed by atoms with E-state index >= 15 is 0 Å². The molecule has 0 bridgehead atoms. The SMILES string of the molecule is C[C@@H]([C@@H](O)c1ccccc1)N(C)C(=O)CNC(=O)OC(C)(C)C. The minimum Gasteiger partial charge on any atom is -0.444 e. The van der Waals surface area contributed by atoms with Gasteiger partial charge in [-0.2, -0.15) is 0 Å². The van der Waals surface area contributed by atoms with Crippen molar-refractivity contribution in [1.29, 1.82) is 0 Å². The van der Waals surface area contributed by atoms with Crippen molar-refractivity contribution >= 4 is 12.0 Å². The zero-order valence-electron chi connectivity index (χ0n) is 14.4. The molecule has 6 nitrogen and oxygen atoms in total. The van der Waals surface area contributed by atoms with Crippen LogP contribution in [0.2, 0.25) is 0 Å². The van der Waals surface area contributed by atoms with Crippen molar-refractivity contribution in [3.63, 3.8) is 0 Å². The van der Waals surface area contributed by atoms with Crippen molar-refractivity contribution in [3.8, 4) is 0 Å². The Morgan fingerprint density at radius 2 is 1.83 bits per heavy atom. The van der Waals surface area contributed by atoms with E-state index in [1.54, 1.807) is 46.9 Å². The molecule has 0 spiro atoms. The fourth-order valence-electron chi connectivity index (χ4n) is 1.95. The maximum atomic E-state index is 12.1. The van der Waals surface area contributed by atoms with E-state index in [4.69, 9.17) is 4.74 Å². The summed E-state index contributed by atoms with van der Waals surface area (Å²) in [5.74, 6) is -0.307. The van der Waals surface area contributed by atoms with Gasteiger partial charge in [-0.15, -0.1) is 0 Å². The van der Waals surface area contributed by atoms with Crippen LogP contribution in [-0.2, 0) is 9.53 Å². The second kappa shape index (κ2) is 7.97. The maximum Gasteiger partial charge on any atom is 0.408 e. The number of alkyl carbamates (subject to hydrolysis) is 1. The van der Waals surface area contributed by atoms with Gasteiger partial charge in [0.15, 0.2) is 0 Å². The summed E-state index contributed by atoms with van der Waals surface area (Å²) in [5.41, 5.74) is 0.121. The van der Waals surface area contributed by atoms with Crippen LogP contribution in [0.15, 0.2) is 30.3 Å². The van der Waals surface area contributed by atoms with E-state index in [9.17, 15) is 14.7 Å². The quantitative estimate of drug-likeness (QED) is 0.870. The Kier molecular flexibility index (Phi) is 6.57. The average Bonchev–Trinajstić information content (AvgIpc) is 2.49. The molecule has 0 saturated heterocycles. The molecule has 2 atom stereocenters. The molecule has 128 valence electrons. The molecule has 2 amide bonds. The fourth-order valence-corrected chi connectivity index (χ4v) is 1.95. The third-order valence-electron chi connectivity index (χ3n) is 3.39. The third-order valence-corrected chi connectivity index (χ3v) is 3.39. The van der Waals surface area contributed by atoms with Gasteiger partial charge in [-0.05, 0) is 33.3 Å². The van der Waals surface area contributed by atoms with Gasteiger partial charge in [0.25, 0.3) is 0 Å². The number of benzene rings is 1. The van der Waals surface area contributed by atoms with E-state index in [0.717, 1.165) is 5.56 Å². The first-order valence-electron chi connectivity index (χ1n) is 7.57. The molecule has 6 heteroatoms. The van der Waals surface area contributed by atoms with Gasteiger partial charge in [0.2, 0.25) is 5.91 Å². The number of nitrogens with one attached hydrogen (secondary N) is 1. The normalized spacial score (nSPS) is 13.8. The summed E-state index contributed by atoms with van der Waals surface area (Å²) in [4.78, 5) is 25.1. The highest BCUT2D eigenvalue weighted by Gasteiger charge is 2.24. The highest BCUT2D eigenvalue weighted by Crippen LogP contribution is 2.19. The molecule has 1 aromatic rings. The molecule has 0 unspecified atom stereocenters. The number of aliphatic hydroxyl groups is 1. The van der Waals surface area contributed by atoms with Crippen molar-refractivity contribution in [2.75, 3.05) is 13.6 Å². The molecule has 0 aromatic heterocycles. The van der Waals surface area contributed by atoms with E-state index in [0.29, 0.717) is 0 Å². The highest BCUT2D eigenvalue weighted by atomic mass is 16.6. The molecule has 1 aromatic carbocycles. The summed E-state index contributed by atoms with van der Waals surface area (Å²) >= 11 is 0. The average molecular weight is 322 g/mol. The molecular weight excluding hydrogens is 296 g/mol. The van der Waals surface area contributed by atoms with Gasteiger partial charge in [-0.1, -0.05) is 30.3 Å². The molecule has 0 radical (unpaired) electrons. The summed E-state index contributed by atoms with van der Waals surface area (Å²) in [5, 5.41) is 12.8. The van der Waals surface area contributed by atoms with E-state index in [1.807, 2.05) is 18.2 Å². The van der Waals surface area contributed by atoms with Gasteiger partial charge >= 0.3 is 6.09 Å². The maximum absolute atomic E-state index is 12.1. The van der Waals surface area contributed by atoms with Crippen molar-refractivity contribution in [2.45, 2.75) is 45.4 Å². The first-order valence-corrected chi connectivity index (χ1v) is 7.57. The van der Waals surface area contributed by atoms with Crippen LogP contribution in [0, 0.1) is 0 Å². The van der Waals surface area contributed by atoms with E-state index in [-0.39, 0.29) is 12.5 Å². The molecule has 0 fully saturated rings. The Balaban J connectivity index is 2.54. The smallest absolute Gasteiger partial charge is 0.408 e. The summed E-state index contributed by atoms with van der Waals surface area (Å²) < 4.78 is 5.07. The molecule has 0 aliphatic heterocycles. The molecule has 0 saturated carbocycles. The Hall–Kier alpha value is -2.08. The van der Waals surface area contributed by atoms with Crippen molar-refractivity contribution in [1.82, 2.24) is 10.2 Å². The number of amides is 2. The Morgan fingerprint density at radius 1 is 1.26 bits per heavy atom. The number of aliphatic hydroxyl groups excluding tert-OH is 1. The number of hydrogen-bond acceptors (Lipinski definition) is 4. The van der Waals surface area contributed by atoms with E-state index in [2.05, 4.69) is 5.32 Å². The fraction of sp³-hybridized carbons (Fsp3) is 0.529. The monoisotopic (exact) mass is 322 g/mol. The lowest BCUT2D eigenvalue weighted by atomic mass is 10.0. The Labute approximate surface area is 137 Å². The zero-order valence-corrected chi connectivity index (χ0v) is 14.4. The summed E-state index contributed by atoms with van der Waals surface area (Å²) in [6, 6.07) is 8.71. The van der Waals surface area contributed by atoms with Gasteiger partial charge in [-0.3, -0.25) is 4.79 Å². The number of rotatable bonds is 5. The minimum absolute atomic E-state index is 0.183. The van der Waals surface area contributed by atoms with Crippen LogP contribution in [0.5, 0.6) is 0 Å². The van der Waals surface area contributed by atoms with Crippen LogP contribution < -0.4 is 5.32 Å². The van der Waals surface area contributed by atoms with Gasteiger partial charge in [-0.25, -0.2) is 4.79 Å². The summed E-state index contributed by atoms with van der Waals surface area (Å²) in [7, 11) is 1.59. The van der Waals surface area contributed by atoms with Crippen LogP contribution in [0.25, 0.3) is 0 Å². The second-order valence-corrected chi connectivity index (χ2v) is 6.46. The van der Waals surface area contributed by atoms with Crippen molar-refractivity contribution in [2.24, 2.45) is 0 Å². The number of ether oxygens (including phenoxy) is 1.